The highest BCUT2D eigenvalue weighted by Gasteiger charge is 2.12. The lowest BCUT2D eigenvalue weighted by molar-refractivity contribution is 0.102. The van der Waals surface area contributed by atoms with E-state index in [1.807, 2.05) is 6.07 Å². The van der Waals surface area contributed by atoms with Crippen LogP contribution in [0, 0.1) is 0 Å². The minimum atomic E-state index is -0.306. The number of carbonyl (C=O) groups excluding carboxylic acids is 1. The van der Waals surface area contributed by atoms with E-state index < -0.39 is 0 Å². The van der Waals surface area contributed by atoms with Gasteiger partial charge < -0.3 is 15.5 Å². The van der Waals surface area contributed by atoms with Gasteiger partial charge in [0.2, 0.25) is 0 Å². The number of rotatable bonds is 3. The summed E-state index contributed by atoms with van der Waals surface area (Å²) in [4.78, 5) is 22.6. The van der Waals surface area contributed by atoms with Crippen molar-refractivity contribution in [1.82, 2.24) is 15.3 Å². The summed E-state index contributed by atoms with van der Waals surface area (Å²) < 4.78 is 0. The Labute approximate surface area is 157 Å². The Morgan fingerprint density at radius 1 is 1.08 bits per heavy atom. The molecule has 1 fully saturated rings. The zero-order valence-electron chi connectivity index (χ0n) is 12.7. The molecule has 0 aliphatic carbocycles. The van der Waals surface area contributed by atoms with Gasteiger partial charge in [0.05, 0.1) is 16.9 Å². The molecule has 9 heteroatoms. The molecule has 1 saturated heterocycles. The van der Waals surface area contributed by atoms with Crippen LogP contribution in [-0.4, -0.2) is 42.1 Å². The highest BCUT2D eigenvalue weighted by Crippen LogP contribution is 2.16. The Bertz CT molecular complexity index is 645. The molecule has 1 amide bonds. The van der Waals surface area contributed by atoms with Gasteiger partial charge in [-0.1, -0.05) is 11.6 Å². The third kappa shape index (κ3) is 5.21. The maximum Gasteiger partial charge on any atom is 0.275 e. The van der Waals surface area contributed by atoms with Crippen molar-refractivity contribution >= 4 is 53.8 Å². The van der Waals surface area contributed by atoms with Crippen molar-refractivity contribution in [2.24, 2.45) is 0 Å². The van der Waals surface area contributed by atoms with E-state index in [9.17, 15) is 4.79 Å². The molecule has 3 heterocycles. The lowest BCUT2D eigenvalue weighted by Gasteiger charge is -2.29. The van der Waals surface area contributed by atoms with E-state index >= 15 is 0 Å². The molecule has 0 unspecified atom stereocenters. The topological polar surface area (TPSA) is 70.2 Å². The van der Waals surface area contributed by atoms with Crippen molar-refractivity contribution in [1.29, 1.82) is 0 Å². The first-order valence-electron chi connectivity index (χ1n) is 7.07. The summed E-state index contributed by atoms with van der Waals surface area (Å²) in [7, 11) is 0. The van der Waals surface area contributed by atoms with E-state index in [2.05, 4.69) is 25.5 Å². The van der Waals surface area contributed by atoms with Gasteiger partial charge in [-0.3, -0.25) is 4.79 Å². The molecule has 2 N–H and O–H groups in total. The number of pyridine rings is 2. The molecule has 3 rings (SSSR count). The van der Waals surface area contributed by atoms with E-state index in [4.69, 9.17) is 11.6 Å². The molecule has 2 aromatic rings. The van der Waals surface area contributed by atoms with E-state index in [1.54, 1.807) is 24.4 Å². The molecule has 130 valence electrons. The second-order valence-electron chi connectivity index (χ2n) is 4.95. The monoisotopic (exact) mass is 389 g/mol. The van der Waals surface area contributed by atoms with Crippen molar-refractivity contribution in [3.8, 4) is 0 Å². The van der Waals surface area contributed by atoms with Gasteiger partial charge in [-0.25, -0.2) is 9.97 Å². The summed E-state index contributed by atoms with van der Waals surface area (Å²) in [5.74, 6) is 0.194. The largest absolute Gasteiger partial charge is 0.368 e. The summed E-state index contributed by atoms with van der Waals surface area (Å²) in [6.07, 6.45) is 3.22. The number of anilines is 2. The smallest absolute Gasteiger partial charge is 0.275 e. The minimum absolute atomic E-state index is 0. The van der Waals surface area contributed by atoms with Gasteiger partial charge in [0.25, 0.3) is 5.91 Å². The van der Waals surface area contributed by atoms with Gasteiger partial charge in [0, 0.05) is 32.4 Å². The summed E-state index contributed by atoms with van der Waals surface area (Å²) in [5, 5.41) is 6.53. The fourth-order valence-corrected chi connectivity index (χ4v) is 2.37. The summed E-state index contributed by atoms with van der Waals surface area (Å²) >= 11 is 5.75. The molecular formula is C15H18Cl3N5O. The first-order chi connectivity index (χ1) is 10.7. The van der Waals surface area contributed by atoms with Gasteiger partial charge in [-0.05, 0) is 24.3 Å². The molecule has 0 spiro atoms. The Kier molecular flexibility index (Phi) is 8.21. The van der Waals surface area contributed by atoms with Crippen LogP contribution in [0.4, 0.5) is 11.5 Å². The first-order valence-corrected chi connectivity index (χ1v) is 7.45. The predicted octanol–water partition coefficient (Wildman–Crippen LogP) is 2.64. The molecule has 2 aromatic heterocycles. The number of nitrogens with one attached hydrogen (secondary N) is 2. The van der Waals surface area contributed by atoms with Crippen LogP contribution in [0.5, 0.6) is 0 Å². The molecule has 0 radical (unpaired) electrons. The van der Waals surface area contributed by atoms with Gasteiger partial charge in [0.1, 0.15) is 11.5 Å². The second kappa shape index (κ2) is 9.64. The first kappa shape index (κ1) is 20.4. The normalized spacial score (nSPS) is 13.5. The maximum atomic E-state index is 12.0. The van der Waals surface area contributed by atoms with E-state index in [0.717, 1.165) is 31.9 Å². The molecule has 0 saturated carbocycles. The van der Waals surface area contributed by atoms with Crippen molar-refractivity contribution < 1.29 is 4.79 Å². The number of halogens is 3. The maximum absolute atomic E-state index is 12.0. The van der Waals surface area contributed by atoms with Crippen molar-refractivity contribution in [2.45, 2.75) is 0 Å². The highest BCUT2D eigenvalue weighted by molar-refractivity contribution is 6.30. The molecule has 0 atom stereocenters. The number of carbonyl (C=O) groups is 1. The van der Waals surface area contributed by atoms with Crippen LogP contribution in [0.2, 0.25) is 5.02 Å². The van der Waals surface area contributed by atoms with Crippen molar-refractivity contribution in [3.63, 3.8) is 0 Å². The average Bonchev–Trinajstić information content (AvgIpc) is 2.57. The van der Waals surface area contributed by atoms with E-state index in [0.29, 0.717) is 16.5 Å². The van der Waals surface area contributed by atoms with Crippen LogP contribution >= 0.6 is 36.4 Å². The number of piperazine rings is 1. The van der Waals surface area contributed by atoms with E-state index in [1.165, 1.54) is 6.20 Å². The lowest BCUT2D eigenvalue weighted by Crippen LogP contribution is -2.43. The minimum Gasteiger partial charge on any atom is -0.368 e. The van der Waals surface area contributed by atoms with Gasteiger partial charge in [0.15, 0.2) is 0 Å². The number of amides is 1. The highest BCUT2D eigenvalue weighted by atomic mass is 35.5. The van der Waals surface area contributed by atoms with Crippen molar-refractivity contribution in [2.75, 3.05) is 36.4 Å². The van der Waals surface area contributed by atoms with Crippen LogP contribution in [0.15, 0.2) is 36.7 Å². The number of aromatic nitrogens is 2. The number of hydrogen-bond acceptors (Lipinski definition) is 5. The Morgan fingerprint density at radius 2 is 1.83 bits per heavy atom. The number of hydrogen-bond donors (Lipinski definition) is 2. The van der Waals surface area contributed by atoms with Gasteiger partial charge in [-0.2, -0.15) is 0 Å². The van der Waals surface area contributed by atoms with Crippen molar-refractivity contribution in [3.05, 3.63) is 47.4 Å². The van der Waals surface area contributed by atoms with Crippen LogP contribution in [0.1, 0.15) is 10.5 Å². The summed E-state index contributed by atoms with van der Waals surface area (Å²) in [5.41, 5.74) is 1.36. The second-order valence-corrected chi connectivity index (χ2v) is 5.39. The SMILES string of the molecule is Cl.Cl.O=C(Nc1ccc(N2CCNCC2)cn1)c1ccc(Cl)cn1. The molecule has 1 aliphatic heterocycles. The predicted molar refractivity (Wildman–Crippen MR) is 101 cm³/mol. The molecule has 0 aromatic carbocycles. The number of nitrogens with zero attached hydrogens (tertiary/aromatic N) is 3. The summed E-state index contributed by atoms with van der Waals surface area (Å²) in [6.45, 7) is 3.87. The zero-order valence-corrected chi connectivity index (χ0v) is 15.1. The summed E-state index contributed by atoms with van der Waals surface area (Å²) in [6, 6.07) is 6.96. The molecule has 6 nitrogen and oxygen atoms in total. The molecule has 1 aliphatic rings. The fraction of sp³-hybridized carbons (Fsp3) is 0.267. The van der Waals surface area contributed by atoms with E-state index in [-0.39, 0.29) is 30.7 Å². The van der Waals surface area contributed by atoms with Crippen LogP contribution < -0.4 is 15.5 Å². The lowest BCUT2D eigenvalue weighted by atomic mass is 10.3. The van der Waals surface area contributed by atoms with Gasteiger partial charge >= 0.3 is 0 Å². The Morgan fingerprint density at radius 3 is 2.42 bits per heavy atom. The van der Waals surface area contributed by atoms with Crippen LogP contribution in [0.3, 0.4) is 0 Å². The fourth-order valence-electron chi connectivity index (χ4n) is 2.26. The molecule has 0 bridgehead atoms. The Hall–Kier alpha value is -1.60. The standard InChI is InChI=1S/C15H16ClN5O.2ClH/c16-11-1-3-13(18-9-11)15(22)20-14-4-2-12(10-19-14)21-7-5-17-6-8-21;;/h1-4,9-10,17H,5-8H2,(H,19,20,22);2*1H. The third-order valence-electron chi connectivity index (χ3n) is 3.43. The Balaban J connectivity index is 0.00000144. The zero-order chi connectivity index (χ0) is 15.4. The van der Waals surface area contributed by atoms with Crippen LogP contribution in [-0.2, 0) is 0 Å². The van der Waals surface area contributed by atoms with Gasteiger partial charge in [-0.15, -0.1) is 24.8 Å². The third-order valence-corrected chi connectivity index (χ3v) is 3.66. The van der Waals surface area contributed by atoms with Crippen LogP contribution in [0.25, 0.3) is 0 Å². The molecule has 24 heavy (non-hydrogen) atoms. The quantitative estimate of drug-likeness (QED) is 0.843. The average molecular weight is 391 g/mol. The molecular weight excluding hydrogens is 373 g/mol.